The number of carbonyl (C=O) groups is 2. The second-order valence-electron chi connectivity index (χ2n) is 4.43. The first-order valence-electron chi connectivity index (χ1n) is 5.80. The van der Waals surface area contributed by atoms with Crippen LogP contribution in [0.25, 0.3) is 0 Å². The van der Waals surface area contributed by atoms with Crippen LogP contribution in [0.2, 0.25) is 0 Å². The number of nitrogens with zero attached hydrogens (tertiary/aromatic N) is 1. The first-order valence-corrected chi connectivity index (χ1v) is 7.09. The van der Waals surface area contributed by atoms with Crippen molar-refractivity contribution in [2.24, 2.45) is 5.92 Å². The molecule has 1 fully saturated rings. The molecule has 1 aliphatic rings. The third kappa shape index (κ3) is 4.85. The van der Waals surface area contributed by atoms with E-state index in [-0.39, 0.29) is 18.4 Å². The fourth-order valence-corrected chi connectivity index (χ4v) is 2.11. The molecule has 1 heterocycles. The Kier molecular flexibility index (Phi) is 5.61. The molecule has 0 saturated carbocycles. The molecule has 1 aliphatic heterocycles. The van der Waals surface area contributed by atoms with Gasteiger partial charge in [-0.15, -0.1) is 0 Å². The quantitative estimate of drug-likeness (QED) is 0.780. The average molecular weight is 260 g/mol. The highest BCUT2D eigenvalue weighted by Crippen LogP contribution is 2.19. The molecule has 2 unspecified atom stereocenters. The Morgan fingerprint density at radius 2 is 2.29 bits per heavy atom. The lowest BCUT2D eigenvalue weighted by Crippen LogP contribution is -2.40. The molecule has 17 heavy (non-hydrogen) atoms. The summed E-state index contributed by atoms with van der Waals surface area (Å²) in [5, 5.41) is 12.0. The number of hydrogen-bond acceptors (Lipinski definition) is 3. The maximum absolute atomic E-state index is 11.8. The Hall–Kier alpha value is -0.910. The van der Waals surface area contributed by atoms with E-state index in [1.54, 1.807) is 16.7 Å². The summed E-state index contributed by atoms with van der Waals surface area (Å²) in [6.07, 6.45) is 2.96. The molecular weight excluding hydrogens is 240 g/mol. The first-order chi connectivity index (χ1) is 8.02. The standard InChI is InChI=1S/C11H20N2O3S/c1-8(17-2)6-12-11(16)13-4-3-9(7-13)5-10(14)15/h8-9H,3-7H2,1-2H3,(H,12,16)(H,14,15). The number of thioether (sulfide) groups is 1. The molecule has 0 aromatic heterocycles. The van der Waals surface area contributed by atoms with Gasteiger partial charge in [0, 0.05) is 31.3 Å². The van der Waals surface area contributed by atoms with Crippen LogP contribution >= 0.6 is 11.8 Å². The van der Waals surface area contributed by atoms with Crippen molar-refractivity contribution in [3.8, 4) is 0 Å². The lowest BCUT2D eigenvalue weighted by atomic mass is 10.1. The van der Waals surface area contributed by atoms with E-state index in [2.05, 4.69) is 12.2 Å². The van der Waals surface area contributed by atoms with Crippen molar-refractivity contribution < 1.29 is 14.7 Å². The average Bonchev–Trinajstić information content (AvgIpc) is 2.72. The Balaban J connectivity index is 2.28. The number of likely N-dealkylation sites (tertiary alicyclic amines) is 1. The van der Waals surface area contributed by atoms with E-state index in [4.69, 9.17) is 5.11 Å². The summed E-state index contributed by atoms with van der Waals surface area (Å²) in [5.41, 5.74) is 0. The molecule has 6 heteroatoms. The number of carbonyl (C=O) groups excluding carboxylic acids is 1. The van der Waals surface area contributed by atoms with Crippen LogP contribution in [0, 0.1) is 5.92 Å². The van der Waals surface area contributed by atoms with E-state index in [1.807, 2.05) is 6.26 Å². The maximum Gasteiger partial charge on any atom is 0.317 e. The van der Waals surface area contributed by atoms with Crippen LogP contribution in [-0.4, -0.2) is 53.1 Å². The van der Waals surface area contributed by atoms with Crippen molar-refractivity contribution in [1.29, 1.82) is 0 Å². The minimum Gasteiger partial charge on any atom is -0.481 e. The monoisotopic (exact) mass is 260 g/mol. The van der Waals surface area contributed by atoms with Crippen LogP contribution in [0.1, 0.15) is 19.8 Å². The lowest BCUT2D eigenvalue weighted by molar-refractivity contribution is -0.138. The van der Waals surface area contributed by atoms with Gasteiger partial charge >= 0.3 is 12.0 Å². The highest BCUT2D eigenvalue weighted by atomic mass is 32.2. The van der Waals surface area contributed by atoms with Crippen LogP contribution in [0.4, 0.5) is 4.79 Å². The van der Waals surface area contributed by atoms with E-state index in [1.165, 1.54) is 0 Å². The van der Waals surface area contributed by atoms with Gasteiger partial charge in [0.2, 0.25) is 0 Å². The van der Waals surface area contributed by atoms with Crippen molar-refractivity contribution in [2.75, 3.05) is 25.9 Å². The van der Waals surface area contributed by atoms with Gasteiger partial charge in [-0.25, -0.2) is 4.79 Å². The van der Waals surface area contributed by atoms with E-state index in [0.717, 1.165) is 6.42 Å². The summed E-state index contributed by atoms with van der Waals surface area (Å²) in [6, 6.07) is -0.0706. The van der Waals surface area contributed by atoms with Crippen LogP contribution in [0.5, 0.6) is 0 Å². The van der Waals surface area contributed by atoms with Crippen molar-refractivity contribution >= 4 is 23.8 Å². The minimum atomic E-state index is -0.784. The zero-order valence-corrected chi connectivity index (χ0v) is 11.1. The van der Waals surface area contributed by atoms with Crippen molar-refractivity contribution in [2.45, 2.75) is 25.0 Å². The van der Waals surface area contributed by atoms with E-state index in [0.29, 0.717) is 24.9 Å². The van der Waals surface area contributed by atoms with E-state index in [9.17, 15) is 9.59 Å². The van der Waals surface area contributed by atoms with Gasteiger partial charge in [0.25, 0.3) is 0 Å². The van der Waals surface area contributed by atoms with Gasteiger partial charge in [-0.3, -0.25) is 4.79 Å². The lowest BCUT2D eigenvalue weighted by Gasteiger charge is -2.18. The van der Waals surface area contributed by atoms with Crippen molar-refractivity contribution in [3.05, 3.63) is 0 Å². The fraction of sp³-hybridized carbons (Fsp3) is 0.818. The second-order valence-corrected chi connectivity index (χ2v) is 5.71. The smallest absolute Gasteiger partial charge is 0.317 e. The zero-order valence-electron chi connectivity index (χ0n) is 10.3. The number of rotatable bonds is 5. The molecular formula is C11H20N2O3S. The molecule has 1 saturated heterocycles. The maximum atomic E-state index is 11.8. The van der Waals surface area contributed by atoms with Gasteiger partial charge in [0.1, 0.15) is 0 Å². The predicted molar refractivity (Wildman–Crippen MR) is 68.3 cm³/mol. The Morgan fingerprint density at radius 1 is 1.59 bits per heavy atom. The number of nitrogens with one attached hydrogen (secondary N) is 1. The number of carboxylic acids is 1. The highest BCUT2D eigenvalue weighted by Gasteiger charge is 2.27. The molecule has 98 valence electrons. The third-order valence-corrected chi connectivity index (χ3v) is 3.95. The molecule has 0 bridgehead atoms. The summed E-state index contributed by atoms with van der Waals surface area (Å²) in [5.74, 6) is -0.676. The van der Waals surface area contributed by atoms with Gasteiger partial charge in [-0.05, 0) is 18.6 Å². The van der Waals surface area contributed by atoms with Gasteiger partial charge < -0.3 is 15.3 Å². The number of urea groups is 1. The van der Waals surface area contributed by atoms with E-state index < -0.39 is 5.97 Å². The summed E-state index contributed by atoms with van der Waals surface area (Å²) < 4.78 is 0. The largest absolute Gasteiger partial charge is 0.481 e. The molecule has 2 amide bonds. The van der Waals surface area contributed by atoms with Gasteiger partial charge in [-0.2, -0.15) is 11.8 Å². The normalized spacial score (nSPS) is 21.3. The molecule has 5 nitrogen and oxygen atoms in total. The summed E-state index contributed by atoms with van der Waals surface area (Å²) in [4.78, 5) is 24.0. The van der Waals surface area contributed by atoms with Crippen molar-refractivity contribution in [3.63, 3.8) is 0 Å². The third-order valence-electron chi connectivity index (χ3n) is 2.98. The molecule has 1 rings (SSSR count). The number of carboxylic acid groups (broad SMARTS) is 1. The molecule has 0 aromatic carbocycles. The molecule has 0 radical (unpaired) electrons. The van der Waals surface area contributed by atoms with Crippen LogP contribution in [0.3, 0.4) is 0 Å². The van der Waals surface area contributed by atoms with Gasteiger partial charge in [-0.1, -0.05) is 6.92 Å². The highest BCUT2D eigenvalue weighted by molar-refractivity contribution is 7.99. The number of aliphatic carboxylic acids is 1. The summed E-state index contributed by atoms with van der Waals surface area (Å²) >= 11 is 1.71. The molecule has 2 atom stereocenters. The van der Waals surface area contributed by atoms with E-state index >= 15 is 0 Å². The summed E-state index contributed by atoms with van der Waals surface area (Å²) in [7, 11) is 0. The first kappa shape index (κ1) is 14.2. The van der Waals surface area contributed by atoms with Gasteiger partial charge in [0.15, 0.2) is 0 Å². The van der Waals surface area contributed by atoms with Crippen LogP contribution < -0.4 is 5.32 Å². The molecule has 0 aliphatic carbocycles. The predicted octanol–water partition coefficient (Wildman–Crippen LogP) is 1.24. The Morgan fingerprint density at radius 3 is 2.88 bits per heavy atom. The summed E-state index contributed by atoms with van der Waals surface area (Å²) in [6.45, 7) is 3.94. The fourth-order valence-electron chi connectivity index (χ4n) is 1.86. The molecule has 0 aromatic rings. The Bertz CT molecular complexity index is 286. The van der Waals surface area contributed by atoms with Crippen molar-refractivity contribution in [1.82, 2.24) is 10.2 Å². The van der Waals surface area contributed by atoms with Crippen LogP contribution in [0.15, 0.2) is 0 Å². The minimum absolute atomic E-state index is 0.0706. The number of amides is 2. The zero-order chi connectivity index (χ0) is 12.8. The molecule has 2 N–H and O–H groups in total. The topological polar surface area (TPSA) is 69.6 Å². The second kappa shape index (κ2) is 6.74. The van der Waals surface area contributed by atoms with Crippen LogP contribution in [-0.2, 0) is 4.79 Å². The SMILES string of the molecule is CSC(C)CNC(=O)N1CCC(CC(=O)O)C1. The Labute approximate surface area is 106 Å². The van der Waals surface area contributed by atoms with Gasteiger partial charge in [0.05, 0.1) is 0 Å². The number of hydrogen-bond donors (Lipinski definition) is 2. The molecule has 0 spiro atoms.